The fourth-order valence-corrected chi connectivity index (χ4v) is 13.0. The van der Waals surface area contributed by atoms with Gasteiger partial charge < -0.3 is 9.13 Å². The third kappa shape index (κ3) is 5.88. The number of aromatic nitrogens is 5. The van der Waals surface area contributed by atoms with Crippen molar-refractivity contribution in [1.29, 1.82) is 0 Å². The van der Waals surface area contributed by atoms with Crippen molar-refractivity contribution in [3.8, 4) is 56.4 Å². The molecule has 3 heterocycles. The Kier molecular flexibility index (Phi) is 8.40. The summed E-state index contributed by atoms with van der Waals surface area (Å²) >= 11 is 0. The third-order valence-corrected chi connectivity index (χ3v) is 15.5. The predicted octanol–water partition coefficient (Wildman–Crippen LogP) is 15.2. The van der Waals surface area contributed by atoms with Crippen LogP contribution in [0, 0.1) is 17.8 Å². The van der Waals surface area contributed by atoms with Crippen LogP contribution in [-0.4, -0.2) is 24.1 Å². The van der Waals surface area contributed by atoms with E-state index in [0.717, 1.165) is 68.8 Å². The molecule has 4 aliphatic rings. The van der Waals surface area contributed by atoms with Gasteiger partial charge in [0.25, 0.3) is 0 Å². The van der Waals surface area contributed by atoms with Crippen molar-refractivity contribution < 1.29 is 0 Å². The second-order valence-electron chi connectivity index (χ2n) is 19.4. The van der Waals surface area contributed by atoms with Gasteiger partial charge in [-0.25, -0.2) is 15.0 Å². The monoisotopic (exact) mass is 849 g/mol. The summed E-state index contributed by atoms with van der Waals surface area (Å²) in [6.07, 6.45) is 7.56. The highest BCUT2D eigenvalue weighted by atomic mass is 15.1. The summed E-state index contributed by atoms with van der Waals surface area (Å²) < 4.78 is 4.86. The van der Waals surface area contributed by atoms with E-state index in [1.165, 1.54) is 93.4 Å². The van der Waals surface area contributed by atoms with Gasteiger partial charge in [0.1, 0.15) is 5.82 Å². The van der Waals surface area contributed by atoms with Gasteiger partial charge in [0.15, 0.2) is 11.6 Å². The molecule has 3 aromatic heterocycles. The van der Waals surface area contributed by atoms with Crippen molar-refractivity contribution in [3.63, 3.8) is 0 Å². The number of hydrogen-bond donors (Lipinski definition) is 0. The van der Waals surface area contributed by atoms with Crippen LogP contribution in [0.15, 0.2) is 194 Å². The molecule has 8 aromatic carbocycles. The lowest BCUT2D eigenvalue weighted by molar-refractivity contribution is -0.00938. The molecule has 66 heavy (non-hydrogen) atoms. The molecule has 0 amide bonds. The highest BCUT2D eigenvalue weighted by Gasteiger charge is 2.53. The number of benzene rings is 8. The second-order valence-corrected chi connectivity index (χ2v) is 19.4. The molecule has 0 atom stereocenters. The lowest BCUT2D eigenvalue weighted by Crippen LogP contribution is -2.49. The van der Waals surface area contributed by atoms with Crippen molar-refractivity contribution in [3.05, 3.63) is 200 Å². The van der Waals surface area contributed by atoms with Crippen LogP contribution < -0.4 is 0 Å². The summed E-state index contributed by atoms with van der Waals surface area (Å²) in [5, 5.41) is 4.90. The minimum absolute atomic E-state index is 0.0492. The lowest BCUT2D eigenvalue weighted by Gasteiger charge is -2.56. The number of hydrogen-bond acceptors (Lipinski definition) is 3. The molecular formula is C61H47N5. The molecule has 0 unspecified atom stereocenters. The van der Waals surface area contributed by atoms with E-state index in [0.29, 0.717) is 0 Å². The van der Waals surface area contributed by atoms with E-state index in [4.69, 9.17) is 15.0 Å². The van der Waals surface area contributed by atoms with Gasteiger partial charge in [-0.15, -0.1) is 0 Å². The molecule has 4 saturated carbocycles. The molecule has 0 N–H and O–H groups in total. The highest BCUT2D eigenvalue weighted by molar-refractivity contribution is 6.12. The van der Waals surface area contributed by atoms with Crippen molar-refractivity contribution in [2.45, 2.75) is 43.9 Å². The van der Waals surface area contributed by atoms with Crippen LogP contribution in [0.3, 0.4) is 0 Å². The van der Waals surface area contributed by atoms with Gasteiger partial charge in [-0.3, -0.25) is 0 Å². The van der Waals surface area contributed by atoms with Crippen LogP contribution in [0.5, 0.6) is 0 Å². The summed E-state index contributed by atoms with van der Waals surface area (Å²) in [7, 11) is 0. The third-order valence-electron chi connectivity index (χ3n) is 15.5. The van der Waals surface area contributed by atoms with E-state index >= 15 is 0 Å². The quantitative estimate of drug-likeness (QED) is 0.160. The molecule has 0 spiro atoms. The van der Waals surface area contributed by atoms with Crippen LogP contribution in [0.1, 0.15) is 44.3 Å². The maximum Gasteiger partial charge on any atom is 0.165 e. The van der Waals surface area contributed by atoms with Gasteiger partial charge in [0.05, 0.1) is 33.4 Å². The Labute approximate surface area is 384 Å². The number of para-hydroxylation sites is 4. The Balaban J connectivity index is 1.01. The Morgan fingerprint density at radius 1 is 0.348 bits per heavy atom. The minimum Gasteiger partial charge on any atom is -0.309 e. The zero-order valence-electron chi connectivity index (χ0n) is 36.7. The van der Waals surface area contributed by atoms with Crippen molar-refractivity contribution >= 4 is 43.6 Å². The normalized spacial score (nSPS) is 20.0. The first-order chi connectivity index (χ1) is 32.6. The van der Waals surface area contributed by atoms with E-state index in [2.05, 4.69) is 203 Å². The Bertz CT molecular complexity index is 3510. The van der Waals surface area contributed by atoms with E-state index in [1.807, 2.05) is 0 Å². The molecule has 4 bridgehead atoms. The van der Waals surface area contributed by atoms with E-state index in [1.54, 1.807) is 0 Å². The molecule has 15 rings (SSSR count). The van der Waals surface area contributed by atoms with Crippen LogP contribution >= 0.6 is 0 Å². The molecule has 0 radical (unpaired) electrons. The molecule has 0 aliphatic heterocycles. The van der Waals surface area contributed by atoms with Gasteiger partial charge in [-0.05, 0) is 139 Å². The van der Waals surface area contributed by atoms with Crippen LogP contribution in [0.25, 0.3) is 100 Å². The summed E-state index contributed by atoms with van der Waals surface area (Å²) in [5.74, 6) is 4.69. The van der Waals surface area contributed by atoms with Crippen molar-refractivity contribution in [1.82, 2.24) is 24.1 Å². The van der Waals surface area contributed by atoms with Crippen LogP contribution in [0.4, 0.5) is 0 Å². The van der Waals surface area contributed by atoms with Crippen molar-refractivity contribution in [2.24, 2.45) is 17.8 Å². The molecule has 11 aromatic rings. The first-order valence-electron chi connectivity index (χ1n) is 23.8. The van der Waals surface area contributed by atoms with Gasteiger partial charge in [-0.2, -0.15) is 0 Å². The predicted molar refractivity (Wildman–Crippen MR) is 270 cm³/mol. The Morgan fingerprint density at radius 3 is 1.21 bits per heavy atom. The molecule has 4 aliphatic carbocycles. The molecular weight excluding hydrogens is 803 g/mol. The minimum atomic E-state index is -0.0492. The van der Waals surface area contributed by atoms with E-state index < -0.39 is 0 Å². The zero-order valence-corrected chi connectivity index (χ0v) is 36.7. The maximum absolute atomic E-state index is 5.71. The lowest BCUT2D eigenvalue weighted by atomic mass is 9.49. The Morgan fingerprint density at radius 2 is 0.742 bits per heavy atom. The first kappa shape index (κ1) is 37.7. The smallest absolute Gasteiger partial charge is 0.165 e. The largest absolute Gasteiger partial charge is 0.309 e. The summed E-state index contributed by atoms with van der Waals surface area (Å²) in [4.78, 5) is 17.0. The van der Waals surface area contributed by atoms with Crippen LogP contribution in [-0.2, 0) is 5.41 Å². The molecule has 0 saturated heterocycles. The maximum atomic E-state index is 5.71. The average molecular weight is 850 g/mol. The van der Waals surface area contributed by atoms with E-state index in [9.17, 15) is 0 Å². The Hall–Kier alpha value is -7.63. The SMILES string of the molecule is c1ccc(-c2ccc3c(c2)c2cc(-c4ccccc4)ccc2n3-c2ccccc2-c2nc(-c3ccccc3-n3c4ccccc4c4ccccc43)nc(C34CC5CC(CC(C5)C3)C4)n2)cc1. The fraction of sp³-hybridized carbons (Fsp3) is 0.164. The highest BCUT2D eigenvalue weighted by Crippen LogP contribution is 2.60. The summed E-state index contributed by atoms with van der Waals surface area (Å²) in [6, 6.07) is 70.4. The summed E-state index contributed by atoms with van der Waals surface area (Å²) in [6.45, 7) is 0. The van der Waals surface area contributed by atoms with Gasteiger partial charge >= 0.3 is 0 Å². The van der Waals surface area contributed by atoms with Crippen LogP contribution in [0.2, 0.25) is 0 Å². The summed E-state index contributed by atoms with van der Waals surface area (Å²) in [5.41, 5.74) is 13.5. The molecule has 5 nitrogen and oxygen atoms in total. The average Bonchev–Trinajstić information content (AvgIpc) is 3.88. The van der Waals surface area contributed by atoms with Gasteiger partial charge in [0, 0.05) is 38.1 Å². The van der Waals surface area contributed by atoms with Crippen molar-refractivity contribution in [2.75, 3.05) is 0 Å². The van der Waals surface area contributed by atoms with Gasteiger partial charge in [0.2, 0.25) is 0 Å². The molecule has 316 valence electrons. The second kappa shape index (κ2) is 14.7. The number of fused-ring (bicyclic) bond motifs is 6. The molecule has 5 heteroatoms. The number of nitrogens with zero attached hydrogens (tertiary/aromatic N) is 5. The number of rotatable bonds is 7. The fourth-order valence-electron chi connectivity index (χ4n) is 13.0. The van der Waals surface area contributed by atoms with Gasteiger partial charge in [-0.1, -0.05) is 133 Å². The van der Waals surface area contributed by atoms with E-state index in [-0.39, 0.29) is 5.41 Å². The zero-order chi connectivity index (χ0) is 43.3. The standard InChI is InChI=1S/C61H47N5/c1-3-15-42(16-4-1)44-27-29-56-50(34-44)51-35-45(43-17-5-2-6-18-43)28-30-57(51)66(56)55-26-14-10-22-49(55)59-62-58(63-60(64-59)61-36-39-31-40(37-61)33-41(32-39)38-61)48-21-9-13-25-54(48)65-52-23-11-7-19-46(52)47-20-8-12-24-53(47)65/h1-30,34-35,39-41H,31-33,36-38H2. The topological polar surface area (TPSA) is 48.5 Å². The molecule has 4 fully saturated rings. The first-order valence-corrected chi connectivity index (χ1v) is 23.8.